The fourth-order valence-electron chi connectivity index (χ4n) is 8.63. The summed E-state index contributed by atoms with van der Waals surface area (Å²) in [6, 6.07) is 83.8. The number of hydrogen-bond donors (Lipinski definition) is 0. The van der Waals surface area contributed by atoms with E-state index < -0.39 is 0 Å². The first-order valence-corrected chi connectivity index (χ1v) is 19.9. The van der Waals surface area contributed by atoms with E-state index in [1.54, 1.807) is 0 Å². The molecule has 11 aromatic rings. The van der Waals surface area contributed by atoms with Crippen LogP contribution >= 0.6 is 0 Å². The van der Waals surface area contributed by atoms with Crippen LogP contribution in [0.5, 0.6) is 0 Å². The Morgan fingerprint density at radius 1 is 0.259 bits per heavy atom. The molecule has 0 aliphatic heterocycles. The molecule has 11 rings (SSSR count). The molecule has 0 aliphatic rings. The third-order valence-corrected chi connectivity index (χ3v) is 11.5. The summed E-state index contributed by atoms with van der Waals surface area (Å²) < 4.78 is 2.39. The summed E-state index contributed by atoms with van der Waals surface area (Å²) in [6.07, 6.45) is 0. The lowest BCUT2D eigenvalue weighted by atomic mass is 9.96. The largest absolute Gasteiger partial charge is 0.310 e. The third kappa shape index (κ3) is 6.00. The molecule has 10 aromatic carbocycles. The molecule has 0 amide bonds. The van der Waals surface area contributed by atoms with Gasteiger partial charge in [0.2, 0.25) is 0 Å². The highest BCUT2D eigenvalue weighted by molar-refractivity contribution is 6.10. The van der Waals surface area contributed by atoms with E-state index in [-0.39, 0.29) is 0 Å². The average molecular weight is 739 g/mol. The zero-order chi connectivity index (χ0) is 38.4. The van der Waals surface area contributed by atoms with Crippen LogP contribution in [0.2, 0.25) is 0 Å². The van der Waals surface area contributed by atoms with Crippen molar-refractivity contribution in [3.05, 3.63) is 231 Å². The molecule has 0 bridgehead atoms. The van der Waals surface area contributed by atoms with E-state index >= 15 is 0 Å². The molecule has 0 atom stereocenters. The van der Waals surface area contributed by atoms with Gasteiger partial charge in [0.1, 0.15) is 0 Å². The lowest BCUT2D eigenvalue weighted by molar-refractivity contribution is 1.18. The van der Waals surface area contributed by atoms with Crippen molar-refractivity contribution >= 4 is 60.4 Å². The third-order valence-electron chi connectivity index (χ3n) is 11.5. The zero-order valence-electron chi connectivity index (χ0n) is 31.8. The quantitative estimate of drug-likeness (QED) is 0.158. The van der Waals surface area contributed by atoms with Crippen molar-refractivity contribution in [2.45, 2.75) is 0 Å². The van der Waals surface area contributed by atoms with Gasteiger partial charge in [-0.25, -0.2) is 0 Å². The maximum Gasteiger partial charge on any atom is 0.0561 e. The fourth-order valence-corrected chi connectivity index (χ4v) is 8.63. The molecule has 1 heterocycles. The average Bonchev–Trinajstić information content (AvgIpc) is 3.63. The molecule has 272 valence electrons. The minimum Gasteiger partial charge on any atom is -0.310 e. The number of aromatic nitrogens is 1. The summed E-state index contributed by atoms with van der Waals surface area (Å²) in [5, 5.41) is 7.44. The first-order chi connectivity index (χ1) is 28.7. The number of anilines is 3. The van der Waals surface area contributed by atoms with Gasteiger partial charge in [0.25, 0.3) is 0 Å². The van der Waals surface area contributed by atoms with Crippen molar-refractivity contribution in [2.24, 2.45) is 0 Å². The maximum atomic E-state index is 2.39. The molecule has 0 spiro atoms. The van der Waals surface area contributed by atoms with Crippen LogP contribution in [0, 0.1) is 0 Å². The summed E-state index contributed by atoms with van der Waals surface area (Å²) in [5.41, 5.74) is 14.0. The second-order valence-electron chi connectivity index (χ2n) is 15.0. The maximum absolute atomic E-state index is 2.39. The minimum absolute atomic E-state index is 1.09. The van der Waals surface area contributed by atoms with Gasteiger partial charge in [-0.05, 0) is 128 Å². The van der Waals surface area contributed by atoms with Gasteiger partial charge < -0.3 is 9.47 Å². The van der Waals surface area contributed by atoms with Crippen LogP contribution in [0.1, 0.15) is 0 Å². The molecule has 58 heavy (non-hydrogen) atoms. The van der Waals surface area contributed by atoms with Crippen LogP contribution in [0.15, 0.2) is 231 Å². The summed E-state index contributed by atoms with van der Waals surface area (Å²) in [4.78, 5) is 2.39. The smallest absolute Gasteiger partial charge is 0.0561 e. The van der Waals surface area contributed by atoms with E-state index in [4.69, 9.17) is 0 Å². The fraction of sp³-hybridized carbons (Fsp3) is 0. The highest BCUT2D eigenvalue weighted by Crippen LogP contribution is 2.41. The van der Waals surface area contributed by atoms with Crippen molar-refractivity contribution in [3.8, 4) is 39.1 Å². The van der Waals surface area contributed by atoms with Crippen molar-refractivity contribution in [3.63, 3.8) is 0 Å². The van der Waals surface area contributed by atoms with E-state index in [0.717, 1.165) is 22.7 Å². The Kier molecular flexibility index (Phi) is 8.19. The molecule has 0 aliphatic carbocycles. The Morgan fingerprint density at radius 2 is 0.759 bits per heavy atom. The van der Waals surface area contributed by atoms with Gasteiger partial charge >= 0.3 is 0 Å². The molecular weight excluding hydrogens is 701 g/mol. The van der Waals surface area contributed by atoms with Gasteiger partial charge in [0, 0.05) is 33.5 Å². The second kappa shape index (κ2) is 14.1. The van der Waals surface area contributed by atoms with Crippen molar-refractivity contribution in [2.75, 3.05) is 4.90 Å². The molecule has 0 N–H and O–H groups in total. The molecule has 0 saturated heterocycles. The van der Waals surface area contributed by atoms with Crippen LogP contribution in [0.4, 0.5) is 17.1 Å². The van der Waals surface area contributed by atoms with Crippen LogP contribution in [0.25, 0.3) is 82.4 Å². The Morgan fingerprint density at radius 3 is 1.50 bits per heavy atom. The lowest BCUT2D eigenvalue weighted by Gasteiger charge is -2.26. The summed E-state index contributed by atoms with van der Waals surface area (Å²) in [6.45, 7) is 0. The van der Waals surface area contributed by atoms with E-state index in [0.29, 0.717) is 0 Å². The number of para-hydroxylation sites is 2. The Hall–Kier alpha value is -7.68. The Labute approximate surface area is 338 Å². The molecule has 0 unspecified atom stereocenters. The summed E-state index contributed by atoms with van der Waals surface area (Å²) >= 11 is 0. The van der Waals surface area contributed by atoms with Gasteiger partial charge in [-0.1, -0.05) is 158 Å². The van der Waals surface area contributed by atoms with Gasteiger partial charge in [0.05, 0.1) is 11.0 Å². The van der Waals surface area contributed by atoms with E-state index in [1.165, 1.54) is 76.7 Å². The minimum atomic E-state index is 1.09. The Balaban J connectivity index is 1.04. The first-order valence-electron chi connectivity index (χ1n) is 19.9. The van der Waals surface area contributed by atoms with Gasteiger partial charge in [0.15, 0.2) is 0 Å². The molecule has 1 aromatic heterocycles. The number of benzene rings is 10. The monoisotopic (exact) mass is 738 g/mol. The van der Waals surface area contributed by atoms with Crippen LogP contribution < -0.4 is 4.90 Å². The topological polar surface area (TPSA) is 8.17 Å². The van der Waals surface area contributed by atoms with Crippen molar-refractivity contribution in [1.82, 2.24) is 4.57 Å². The SMILES string of the molecule is c1ccc(-c2ccc(N(c3cccc(-c4ccc5ccc(-c6ccc7ccccc7c6)cc5c4)c3)c3ccc4c5ccccc5n(-c5ccccc5)c4c3)cc2)cc1. The number of fused-ring (bicyclic) bond motifs is 5. The molecule has 0 saturated carbocycles. The van der Waals surface area contributed by atoms with Gasteiger partial charge in [-0.3, -0.25) is 0 Å². The molecule has 2 heteroatoms. The predicted octanol–water partition coefficient (Wildman–Crippen LogP) is 15.6. The van der Waals surface area contributed by atoms with E-state index in [1.807, 2.05) is 0 Å². The van der Waals surface area contributed by atoms with Crippen LogP contribution in [-0.2, 0) is 0 Å². The molecule has 0 fully saturated rings. The second-order valence-corrected chi connectivity index (χ2v) is 15.0. The lowest BCUT2D eigenvalue weighted by Crippen LogP contribution is -2.10. The molecular formula is C56H38N2. The predicted molar refractivity (Wildman–Crippen MR) is 247 cm³/mol. The number of rotatable bonds is 7. The highest BCUT2D eigenvalue weighted by atomic mass is 15.1. The molecule has 2 nitrogen and oxygen atoms in total. The first kappa shape index (κ1) is 33.6. The van der Waals surface area contributed by atoms with Gasteiger partial charge in [-0.2, -0.15) is 0 Å². The number of hydrogen-bond acceptors (Lipinski definition) is 1. The Bertz CT molecular complexity index is 3270. The van der Waals surface area contributed by atoms with Crippen molar-refractivity contribution in [1.29, 1.82) is 0 Å². The zero-order valence-corrected chi connectivity index (χ0v) is 31.8. The molecule has 0 radical (unpaired) electrons. The van der Waals surface area contributed by atoms with Crippen LogP contribution in [-0.4, -0.2) is 4.57 Å². The van der Waals surface area contributed by atoms with Crippen molar-refractivity contribution < 1.29 is 0 Å². The van der Waals surface area contributed by atoms with Crippen LogP contribution in [0.3, 0.4) is 0 Å². The highest BCUT2D eigenvalue weighted by Gasteiger charge is 2.18. The standard InChI is InChI=1S/C56H38N2/c1-3-12-39(13-4-1)41-28-30-50(31-29-41)57(52-32-33-54-53-20-9-10-21-55(53)58(56(54)38-52)49-17-5-2-6-18-49)51-19-11-16-44(37-51)46-26-23-42-24-27-47(36-48(42)35-46)45-25-22-40-14-7-8-15-43(40)34-45/h1-38H. The normalized spacial score (nSPS) is 11.4. The number of nitrogens with zero attached hydrogens (tertiary/aromatic N) is 2. The van der Waals surface area contributed by atoms with E-state index in [2.05, 4.69) is 240 Å². The van der Waals surface area contributed by atoms with E-state index in [9.17, 15) is 0 Å². The van der Waals surface area contributed by atoms with Gasteiger partial charge in [-0.15, -0.1) is 0 Å². The summed E-state index contributed by atoms with van der Waals surface area (Å²) in [7, 11) is 0. The summed E-state index contributed by atoms with van der Waals surface area (Å²) in [5.74, 6) is 0.